The predicted octanol–water partition coefficient (Wildman–Crippen LogP) is 20.7. The first kappa shape index (κ1) is 57.8. The quantitative estimate of drug-likeness (QED) is 0.0324. The normalized spacial score (nSPS) is 10.7. The van der Waals surface area contributed by atoms with Crippen molar-refractivity contribution in [2.24, 2.45) is 0 Å². The molecule has 0 aliphatic heterocycles. The topological polar surface area (TPSA) is 0 Å². The highest BCUT2D eigenvalue weighted by molar-refractivity contribution is 7.23. The first-order valence-corrected chi connectivity index (χ1v) is 30.9. The van der Waals surface area contributed by atoms with E-state index in [9.17, 15) is 0 Å². The van der Waals surface area contributed by atoms with Crippen LogP contribution in [0, 0.1) is 47.4 Å². The summed E-state index contributed by atoms with van der Waals surface area (Å²) in [6.07, 6.45) is 36.1. The summed E-state index contributed by atoms with van der Waals surface area (Å²) >= 11 is 3.44. The molecule has 2 aromatic heterocycles. The Kier molecular flexibility index (Phi) is 27.3. The summed E-state index contributed by atoms with van der Waals surface area (Å²) in [5, 5.41) is 0. The van der Waals surface area contributed by atoms with Crippen molar-refractivity contribution in [3.63, 3.8) is 0 Å². The van der Waals surface area contributed by atoms with E-state index in [1.54, 1.807) is 22.7 Å². The molecule has 0 saturated carbocycles. The largest absolute Gasteiger partial charge is 0.124 e. The molecule has 0 unspecified atom stereocenters. The van der Waals surface area contributed by atoms with E-state index < -0.39 is 0 Å². The number of hydrogen-bond acceptors (Lipinski definition) is 2. The van der Waals surface area contributed by atoms with Gasteiger partial charge in [0.2, 0.25) is 0 Å². The molecular weight excluding hydrogens is 929 g/mol. The molecule has 0 atom stereocenters. The smallest absolute Gasteiger partial charge is 0.0792 e. The van der Waals surface area contributed by atoms with Gasteiger partial charge in [0.05, 0.1) is 19.5 Å². The first-order valence-electron chi connectivity index (χ1n) is 29.2. The van der Waals surface area contributed by atoms with Crippen molar-refractivity contribution in [3.8, 4) is 57.1 Å². The molecule has 4 aromatic carbocycles. The zero-order valence-corrected chi connectivity index (χ0v) is 47.6. The summed E-state index contributed by atoms with van der Waals surface area (Å²) < 4.78 is 0. The summed E-state index contributed by atoms with van der Waals surface area (Å²) in [4.78, 5) is 4.20. The number of hydrogen-bond donors (Lipinski definition) is 0. The lowest BCUT2D eigenvalue weighted by Crippen LogP contribution is -1.87. The molecule has 0 fully saturated rings. The third-order valence-corrected chi connectivity index (χ3v) is 16.4. The summed E-state index contributed by atoms with van der Waals surface area (Å²) in [6, 6.07) is 40.0. The third kappa shape index (κ3) is 21.8. The summed E-state index contributed by atoms with van der Waals surface area (Å²) in [5.41, 5.74) is 11.7. The monoisotopic (exact) mass is 1010 g/mol. The zero-order valence-electron chi connectivity index (χ0n) is 46.0. The molecule has 2 heterocycles. The Balaban J connectivity index is 1.29. The van der Waals surface area contributed by atoms with Gasteiger partial charge in [0.15, 0.2) is 0 Å². The molecule has 0 nitrogen and oxygen atoms in total. The molecule has 0 bridgehead atoms. The van der Waals surface area contributed by atoms with E-state index >= 15 is 0 Å². The Hall–Kier alpha value is -5.48. The van der Waals surface area contributed by atoms with Gasteiger partial charge in [-0.15, -0.1) is 22.7 Å². The molecule has 0 aliphatic rings. The molecule has 0 saturated heterocycles. The number of thiophene rings is 2. The minimum atomic E-state index is 0.981. The van der Waals surface area contributed by atoms with Gasteiger partial charge in [-0.05, 0) is 134 Å². The standard InChI is InChI=1S/C72H86S2/c1-5-9-13-17-21-25-29-59-33-41-63(42-34-59)49-53-67-57-69(55-51-65-45-37-61(38-46-65)31-27-23-19-15-11-7-3)73-71(67)72-68(54-50-64-43-35-60(36-44-64)30-26-22-18-14-10-6-2)58-70(74-72)56-52-66-47-39-62(40-48-66)32-28-24-20-16-12-8-4/h33-48,57-58H,5-32H2,1-4H3. The second-order valence-corrected chi connectivity index (χ2v) is 22.7. The van der Waals surface area contributed by atoms with Crippen molar-refractivity contribution in [2.45, 2.75) is 207 Å². The number of rotatable bonds is 29. The van der Waals surface area contributed by atoms with E-state index in [0.717, 1.165) is 78.6 Å². The van der Waals surface area contributed by atoms with Gasteiger partial charge >= 0.3 is 0 Å². The van der Waals surface area contributed by atoms with Crippen LogP contribution < -0.4 is 0 Å². The lowest BCUT2D eigenvalue weighted by atomic mass is 10.0. The van der Waals surface area contributed by atoms with E-state index in [-0.39, 0.29) is 0 Å². The lowest BCUT2D eigenvalue weighted by molar-refractivity contribution is 0.607. The first-order chi connectivity index (χ1) is 36.5. The van der Waals surface area contributed by atoms with Crippen LogP contribution in [-0.2, 0) is 25.7 Å². The average molecular weight is 1020 g/mol. The molecule has 6 rings (SSSR count). The third-order valence-electron chi connectivity index (χ3n) is 14.1. The van der Waals surface area contributed by atoms with Gasteiger partial charge in [-0.2, -0.15) is 0 Å². The van der Waals surface area contributed by atoms with Crippen LogP contribution in [0.5, 0.6) is 0 Å². The summed E-state index contributed by atoms with van der Waals surface area (Å²) in [7, 11) is 0. The molecule has 0 amide bonds. The Bertz CT molecular complexity index is 2570. The molecule has 386 valence electrons. The van der Waals surface area contributed by atoms with Gasteiger partial charge in [0.25, 0.3) is 0 Å². The minimum absolute atomic E-state index is 0.981. The van der Waals surface area contributed by atoms with Gasteiger partial charge in [-0.3, -0.25) is 0 Å². The molecule has 0 N–H and O–H groups in total. The fraction of sp³-hybridized carbons (Fsp3) is 0.444. The van der Waals surface area contributed by atoms with Gasteiger partial charge < -0.3 is 0 Å². The highest BCUT2D eigenvalue weighted by Gasteiger charge is 2.17. The van der Waals surface area contributed by atoms with Crippen molar-refractivity contribution < 1.29 is 0 Å². The van der Waals surface area contributed by atoms with Crippen LogP contribution in [0.25, 0.3) is 9.75 Å². The summed E-state index contributed by atoms with van der Waals surface area (Å²) in [5.74, 6) is 28.5. The maximum absolute atomic E-state index is 3.63. The molecule has 0 aliphatic carbocycles. The number of benzene rings is 4. The zero-order chi connectivity index (χ0) is 51.7. The lowest BCUT2D eigenvalue weighted by Gasteiger charge is -2.02. The highest BCUT2D eigenvalue weighted by atomic mass is 32.1. The Morgan fingerprint density at radius 3 is 0.743 bits per heavy atom. The molecular formula is C72H86S2. The number of unbranched alkanes of at least 4 members (excludes halogenated alkanes) is 20. The van der Waals surface area contributed by atoms with E-state index in [0.29, 0.717) is 0 Å². The van der Waals surface area contributed by atoms with Crippen molar-refractivity contribution in [3.05, 3.63) is 175 Å². The highest BCUT2D eigenvalue weighted by Crippen LogP contribution is 2.40. The van der Waals surface area contributed by atoms with Crippen molar-refractivity contribution in [2.75, 3.05) is 0 Å². The molecule has 6 aromatic rings. The Morgan fingerprint density at radius 2 is 0.486 bits per heavy atom. The van der Waals surface area contributed by atoms with E-state index in [2.05, 4.69) is 184 Å². The average Bonchev–Trinajstić information content (AvgIpc) is 4.05. The predicted molar refractivity (Wildman–Crippen MR) is 326 cm³/mol. The van der Waals surface area contributed by atoms with Gasteiger partial charge in [0.1, 0.15) is 0 Å². The van der Waals surface area contributed by atoms with Crippen LogP contribution in [0.2, 0.25) is 0 Å². The van der Waals surface area contributed by atoms with Crippen molar-refractivity contribution in [1.82, 2.24) is 0 Å². The Labute approximate surface area is 459 Å². The maximum Gasteiger partial charge on any atom is 0.0792 e. The SMILES string of the molecule is CCCCCCCCc1ccc(C#Cc2cc(C#Cc3ccc(CCCCCCCC)cc3)c(-c3sc(C#Cc4ccc(CCCCCCCC)cc4)cc3C#Cc3ccc(CCCCCCCC)cc3)s2)cc1. The molecule has 0 radical (unpaired) electrons. The number of aryl methyl sites for hydroxylation is 4. The molecule has 74 heavy (non-hydrogen) atoms. The van der Waals surface area contributed by atoms with Crippen LogP contribution in [-0.4, -0.2) is 0 Å². The van der Waals surface area contributed by atoms with Gasteiger partial charge in [-0.25, -0.2) is 0 Å². The second-order valence-electron chi connectivity index (χ2n) is 20.6. The Morgan fingerprint density at radius 1 is 0.257 bits per heavy atom. The van der Waals surface area contributed by atoms with Crippen molar-refractivity contribution in [1.29, 1.82) is 0 Å². The van der Waals surface area contributed by atoms with Crippen LogP contribution in [0.15, 0.2) is 109 Å². The van der Waals surface area contributed by atoms with Crippen LogP contribution in [0.4, 0.5) is 0 Å². The van der Waals surface area contributed by atoms with Crippen LogP contribution in [0.3, 0.4) is 0 Å². The van der Waals surface area contributed by atoms with Crippen LogP contribution in [0.1, 0.15) is 247 Å². The fourth-order valence-corrected chi connectivity index (χ4v) is 11.5. The van der Waals surface area contributed by atoms with E-state index in [4.69, 9.17) is 0 Å². The van der Waals surface area contributed by atoms with Crippen molar-refractivity contribution >= 4 is 22.7 Å². The minimum Gasteiger partial charge on any atom is -0.124 e. The summed E-state index contributed by atoms with van der Waals surface area (Å²) in [6.45, 7) is 9.13. The van der Waals surface area contributed by atoms with E-state index in [1.807, 2.05) is 0 Å². The maximum atomic E-state index is 3.63. The van der Waals surface area contributed by atoms with Crippen LogP contribution >= 0.6 is 22.7 Å². The molecule has 2 heteroatoms. The van der Waals surface area contributed by atoms with E-state index in [1.165, 1.54) is 176 Å². The van der Waals surface area contributed by atoms with Gasteiger partial charge in [0, 0.05) is 33.4 Å². The fourth-order valence-electron chi connectivity index (χ4n) is 9.43. The molecule has 0 spiro atoms. The second kappa shape index (κ2) is 34.9. The van der Waals surface area contributed by atoms with Gasteiger partial charge in [-0.1, -0.05) is 252 Å².